The molecule has 0 unspecified atom stereocenters. The van der Waals surface area contributed by atoms with E-state index in [-0.39, 0.29) is 39.4 Å². The maximum absolute atomic E-state index is 13.1. The molecule has 13 heteroatoms. The molecular formula is C31H27Cl3N2O7S. The molecule has 3 aromatic rings. The average molecular weight is 678 g/mol. The van der Waals surface area contributed by atoms with Crippen LogP contribution in [0.4, 0.5) is 10.5 Å². The first kappa shape index (κ1) is 33.2. The Kier molecular flexibility index (Phi) is 11.6. The standard InChI is InChI=1S/C31H27Cl3N2O7S/c1-3-11-42-30(39)22-15-21(9-10-23(22)33)35-27(37)16-36-29(38)26(44-31(36)40)14-19-12-24(34)28(25(13-19)41-4-2)43-17-18-5-7-20(32)8-6-18/h5-10,12-15H,3-4,11,16-17H2,1-2H3,(H,35,37)/b26-14+. The highest BCUT2D eigenvalue weighted by molar-refractivity contribution is 8.18. The highest BCUT2D eigenvalue weighted by Gasteiger charge is 2.36. The fourth-order valence-electron chi connectivity index (χ4n) is 3.97. The number of halogens is 3. The van der Waals surface area contributed by atoms with Gasteiger partial charge in [-0.25, -0.2) is 4.79 Å². The highest BCUT2D eigenvalue weighted by atomic mass is 35.5. The van der Waals surface area contributed by atoms with Gasteiger partial charge in [-0.2, -0.15) is 0 Å². The Morgan fingerprint density at radius 2 is 1.70 bits per heavy atom. The molecule has 1 N–H and O–H groups in total. The number of hydrogen-bond donors (Lipinski definition) is 1. The summed E-state index contributed by atoms with van der Waals surface area (Å²) < 4.78 is 16.8. The van der Waals surface area contributed by atoms with Gasteiger partial charge >= 0.3 is 5.97 Å². The molecule has 1 saturated heterocycles. The van der Waals surface area contributed by atoms with Crippen LogP contribution in [0.3, 0.4) is 0 Å². The minimum atomic E-state index is -0.646. The van der Waals surface area contributed by atoms with E-state index >= 15 is 0 Å². The molecule has 3 amide bonds. The van der Waals surface area contributed by atoms with E-state index in [9.17, 15) is 19.2 Å². The van der Waals surface area contributed by atoms with Crippen molar-refractivity contribution in [3.63, 3.8) is 0 Å². The van der Waals surface area contributed by atoms with Crippen LogP contribution in [0.1, 0.15) is 41.8 Å². The number of amides is 3. The van der Waals surface area contributed by atoms with E-state index in [4.69, 9.17) is 49.0 Å². The summed E-state index contributed by atoms with van der Waals surface area (Å²) in [6.07, 6.45) is 2.13. The van der Waals surface area contributed by atoms with Gasteiger partial charge in [-0.15, -0.1) is 0 Å². The van der Waals surface area contributed by atoms with Gasteiger partial charge in [-0.1, -0.05) is 53.9 Å². The molecule has 0 spiro atoms. The Morgan fingerprint density at radius 3 is 2.41 bits per heavy atom. The smallest absolute Gasteiger partial charge is 0.339 e. The third-order valence-corrected chi connectivity index (χ3v) is 7.78. The number of carbonyl (C=O) groups is 4. The molecule has 1 aliphatic heterocycles. The number of rotatable bonds is 12. The summed E-state index contributed by atoms with van der Waals surface area (Å²) >= 11 is 19.3. The predicted octanol–water partition coefficient (Wildman–Crippen LogP) is 7.87. The van der Waals surface area contributed by atoms with Gasteiger partial charge in [0.15, 0.2) is 11.5 Å². The summed E-state index contributed by atoms with van der Waals surface area (Å²) in [7, 11) is 0. The molecule has 9 nitrogen and oxygen atoms in total. The van der Waals surface area contributed by atoms with Gasteiger partial charge in [0.25, 0.3) is 11.1 Å². The number of anilines is 1. The first-order valence-corrected chi connectivity index (χ1v) is 15.4. The Bertz CT molecular complexity index is 1610. The third-order valence-electron chi connectivity index (χ3n) is 6.01. The highest BCUT2D eigenvalue weighted by Crippen LogP contribution is 2.39. The van der Waals surface area contributed by atoms with Gasteiger partial charge in [0.1, 0.15) is 13.2 Å². The molecule has 3 aromatic carbocycles. The molecule has 0 bridgehead atoms. The van der Waals surface area contributed by atoms with Crippen molar-refractivity contribution in [1.29, 1.82) is 0 Å². The first-order chi connectivity index (χ1) is 21.1. The Labute approximate surface area is 273 Å². The van der Waals surface area contributed by atoms with Crippen molar-refractivity contribution in [3.8, 4) is 11.5 Å². The molecule has 44 heavy (non-hydrogen) atoms. The summed E-state index contributed by atoms with van der Waals surface area (Å²) in [6, 6.07) is 14.7. The molecule has 0 radical (unpaired) electrons. The van der Waals surface area contributed by atoms with Crippen LogP contribution in [-0.2, 0) is 20.9 Å². The topological polar surface area (TPSA) is 111 Å². The fraction of sp³-hybridized carbons (Fsp3) is 0.226. The summed E-state index contributed by atoms with van der Waals surface area (Å²) in [6.45, 7) is 3.90. The Balaban J connectivity index is 1.45. The lowest BCUT2D eigenvalue weighted by molar-refractivity contribution is -0.127. The first-order valence-electron chi connectivity index (χ1n) is 13.4. The summed E-state index contributed by atoms with van der Waals surface area (Å²) in [5.74, 6) is -1.23. The fourth-order valence-corrected chi connectivity index (χ4v) is 5.41. The molecule has 1 fully saturated rings. The number of nitrogens with zero attached hydrogens (tertiary/aromatic N) is 1. The zero-order valence-electron chi connectivity index (χ0n) is 23.7. The molecule has 4 rings (SSSR count). The van der Waals surface area contributed by atoms with Gasteiger partial charge in [-0.3, -0.25) is 19.3 Å². The second kappa shape index (κ2) is 15.3. The quantitative estimate of drug-likeness (QED) is 0.152. The largest absolute Gasteiger partial charge is 0.490 e. The van der Waals surface area contributed by atoms with E-state index in [1.54, 1.807) is 24.3 Å². The van der Waals surface area contributed by atoms with E-state index in [0.717, 1.165) is 10.5 Å². The van der Waals surface area contributed by atoms with Gasteiger partial charge < -0.3 is 19.5 Å². The van der Waals surface area contributed by atoms with Crippen LogP contribution in [0, 0.1) is 0 Å². The van der Waals surface area contributed by atoms with Gasteiger partial charge in [0.2, 0.25) is 5.91 Å². The van der Waals surface area contributed by atoms with Crippen LogP contribution in [0.15, 0.2) is 59.5 Å². The minimum Gasteiger partial charge on any atom is -0.490 e. The summed E-state index contributed by atoms with van der Waals surface area (Å²) in [5, 5.41) is 2.98. The number of carbonyl (C=O) groups excluding carboxylic acids is 4. The number of imide groups is 1. The normalized spacial score (nSPS) is 13.8. The molecule has 1 aliphatic rings. The molecule has 1 heterocycles. The zero-order valence-corrected chi connectivity index (χ0v) is 26.7. The van der Waals surface area contributed by atoms with Gasteiger partial charge in [0, 0.05) is 10.7 Å². The number of thioether (sulfide) groups is 1. The Morgan fingerprint density at radius 1 is 0.955 bits per heavy atom. The van der Waals surface area contributed by atoms with Gasteiger partial charge in [0.05, 0.1) is 33.7 Å². The van der Waals surface area contributed by atoms with Crippen LogP contribution in [0.5, 0.6) is 11.5 Å². The zero-order chi connectivity index (χ0) is 31.8. The second-order valence-corrected chi connectivity index (χ2v) is 11.6. The number of benzene rings is 3. The van der Waals surface area contributed by atoms with Crippen LogP contribution >= 0.6 is 46.6 Å². The van der Waals surface area contributed by atoms with E-state index in [2.05, 4.69) is 5.32 Å². The van der Waals surface area contributed by atoms with E-state index in [0.29, 0.717) is 46.9 Å². The number of esters is 1. The third kappa shape index (κ3) is 8.47. The summed E-state index contributed by atoms with van der Waals surface area (Å²) in [4.78, 5) is 51.7. The lowest BCUT2D eigenvalue weighted by Crippen LogP contribution is -2.36. The van der Waals surface area contributed by atoms with Crippen LogP contribution in [0.25, 0.3) is 6.08 Å². The SMILES string of the molecule is CCCOC(=O)c1cc(NC(=O)CN2C(=O)S/C(=C/c3cc(Cl)c(OCc4ccc(Cl)cc4)c(OCC)c3)C2=O)ccc1Cl. The lowest BCUT2D eigenvalue weighted by Gasteiger charge is -2.15. The maximum atomic E-state index is 13.1. The molecular weight excluding hydrogens is 651 g/mol. The molecule has 0 saturated carbocycles. The van der Waals surface area contributed by atoms with Crippen LogP contribution < -0.4 is 14.8 Å². The van der Waals surface area contributed by atoms with Crippen LogP contribution in [-0.4, -0.2) is 47.7 Å². The molecule has 0 aromatic heterocycles. The van der Waals surface area contributed by atoms with Crippen molar-refractivity contribution >= 4 is 81.4 Å². The van der Waals surface area contributed by atoms with Crippen molar-refractivity contribution in [2.24, 2.45) is 0 Å². The lowest BCUT2D eigenvalue weighted by atomic mass is 10.1. The molecule has 230 valence electrons. The average Bonchev–Trinajstić information content (AvgIpc) is 3.24. The van der Waals surface area contributed by atoms with Crippen molar-refractivity contribution in [2.75, 3.05) is 25.1 Å². The van der Waals surface area contributed by atoms with E-state index in [1.807, 2.05) is 26.0 Å². The second-order valence-electron chi connectivity index (χ2n) is 9.32. The van der Waals surface area contributed by atoms with Gasteiger partial charge in [-0.05, 0) is 84.8 Å². The minimum absolute atomic E-state index is 0.0819. The Hall–Kier alpha value is -3.70. The number of ether oxygens (including phenoxy) is 3. The van der Waals surface area contributed by atoms with Crippen LogP contribution in [0.2, 0.25) is 15.1 Å². The number of nitrogens with one attached hydrogen (secondary N) is 1. The number of hydrogen-bond acceptors (Lipinski definition) is 8. The van der Waals surface area contributed by atoms with E-state index in [1.165, 1.54) is 24.3 Å². The predicted molar refractivity (Wildman–Crippen MR) is 172 cm³/mol. The van der Waals surface area contributed by atoms with E-state index < -0.39 is 29.6 Å². The van der Waals surface area contributed by atoms with Crippen molar-refractivity contribution in [1.82, 2.24) is 4.90 Å². The monoisotopic (exact) mass is 676 g/mol. The summed E-state index contributed by atoms with van der Waals surface area (Å²) in [5.41, 5.74) is 1.71. The van der Waals surface area contributed by atoms with Crippen molar-refractivity contribution < 1.29 is 33.4 Å². The maximum Gasteiger partial charge on any atom is 0.339 e. The van der Waals surface area contributed by atoms with Crippen molar-refractivity contribution in [2.45, 2.75) is 26.9 Å². The molecule has 0 aliphatic carbocycles. The molecule has 0 atom stereocenters. The van der Waals surface area contributed by atoms with Crippen molar-refractivity contribution in [3.05, 3.63) is 91.3 Å².